The third kappa shape index (κ3) is 6.64. The van der Waals surface area contributed by atoms with E-state index in [0.717, 1.165) is 31.5 Å². The number of hydrogen-bond acceptors (Lipinski definition) is 2. The lowest BCUT2D eigenvalue weighted by molar-refractivity contribution is 0.549. The van der Waals surface area contributed by atoms with Crippen LogP contribution in [0.15, 0.2) is 21.8 Å². The molecule has 1 aromatic rings. The molecule has 0 saturated heterocycles. The Bertz CT molecular complexity index is 331. The molecule has 1 aromatic heterocycles. The molecule has 102 valence electrons. The van der Waals surface area contributed by atoms with Gasteiger partial charge in [-0.2, -0.15) is 11.3 Å². The van der Waals surface area contributed by atoms with E-state index in [9.17, 15) is 0 Å². The maximum atomic E-state index is 4.57. The average Bonchev–Trinajstić information content (AvgIpc) is 2.84. The molecule has 0 atom stereocenters. The van der Waals surface area contributed by atoms with Crippen LogP contribution in [0.5, 0.6) is 0 Å². The highest BCUT2D eigenvalue weighted by Gasteiger charge is 1.98. The van der Waals surface area contributed by atoms with E-state index in [1.54, 1.807) is 11.3 Å². The van der Waals surface area contributed by atoms with Crippen LogP contribution in [-0.2, 0) is 6.54 Å². The molecule has 0 aliphatic rings. The summed E-state index contributed by atoms with van der Waals surface area (Å²) >= 11 is 1.72. The fraction of sp³-hybridized carbons (Fsp3) is 0.643. The van der Waals surface area contributed by atoms with E-state index in [4.69, 9.17) is 0 Å². The zero-order valence-corrected chi connectivity index (χ0v) is 12.5. The highest BCUT2D eigenvalue weighted by Crippen LogP contribution is 2.06. The summed E-state index contributed by atoms with van der Waals surface area (Å²) in [5.41, 5.74) is 1.28. The highest BCUT2D eigenvalue weighted by atomic mass is 32.1. The number of thiophene rings is 1. The van der Waals surface area contributed by atoms with E-state index in [0.29, 0.717) is 0 Å². The molecule has 0 spiro atoms. The Morgan fingerprint density at radius 1 is 1.39 bits per heavy atom. The third-order valence-electron chi connectivity index (χ3n) is 2.59. The lowest BCUT2D eigenvalue weighted by atomic mass is 10.1. The monoisotopic (exact) mass is 267 g/mol. The number of nitrogens with one attached hydrogen (secondary N) is 2. The van der Waals surface area contributed by atoms with E-state index in [1.165, 1.54) is 18.4 Å². The molecule has 0 amide bonds. The molecule has 0 aliphatic heterocycles. The maximum Gasteiger partial charge on any atom is 0.191 e. The van der Waals surface area contributed by atoms with Gasteiger partial charge in [0.25, 0.3) is 0 Å². The normalized spacial score (nSPS) is 11.9. The molecule has 2 N–H and O–H groups in total. The van der Waals surface area contributed by atoms with Gasteiger partial charge in [-0.15, -0.1) is 0 Å². The molecule has 1 rings (SSSR count). The van der Waals surface area contributed by atoms with Crippen molar-refractivity contribution in [1.82, 2.24) is 10.6 Å². The smallest absolute Gasteiger partial charge is 0.191 e. The Labute approximate surface area is 115 Å². The molecule has 3 nitrogen and oxygen atoms in total. The van der Waals surface area contributed by atoms with Gasteiger partial charge in [0, 0.05) is 13.1 Å². The number of nitrogens with zero attached hydrogens (tertiary/aromatic N) is 1. The molecule has 0 aromatic carbocycles. The summed E-state index contributed by atoms with van der Waals surface area (Å²) in [7, 11) is 0. The third-order valence-corrected chi connectivity index (χ3v) is 3.33. The van der Waals surface area contributed by atoms with E-state index < -0.39 is 0 Å². The minimum Gasteiger partial charge on any atom is -0.357 e. The molecule has 1 heterocycles. The van der Waals surface area contributed by atoms with Crippen molar-refractivity contribution in [2.24, 2.45) is 10.9 Å². The van der Waals surface area contributed by atoms with Crippen LogP contribution < -0.4 is 10.6 Å². The summed E-state index contributed by atoms with van der Waals surface area (Å²) in [6.07, 6.45) is 2.46. The highest BCUT2D eigenvalue weighted by molar-refractivity contribution is 7.07. The second kappa shape index (κ2) is 8.97. The van der Waals surface area contributed by atoms with E-state index in [2.05, 4.69) is 53.2 Å². The van der Waals surface area contributed by atoms with Gasteiger partial charge >= 0.3 is 0 Å². The standard InChI is InChI=1S/C14H25N3S/c1-4-15-14(16-8-5-6-12(2)3)17-10-13-7-9-18-11-13/h7,9,11-12H,4-6,8,10H2,1-3H3,(H2,15,16,17). The lowest BCUT2D eigenvalue weighted by Gasteiger charge is -2.11. The topological polar surface area (TPSA) is 36.4 Å². The largest absolute Gasteiger partial charge is 0.357 e. The second-order valence-corrected chi connectivity index (χ2v) is 5.57. The number of guanidine groups is 1. The molecule has 0 saturated carbocycles. The van der Waals surface area contributed by atoms with Crippen LogP contribution in [0.3, 0.4) is 0 Å². The minimum atomic E-state index is 0.753. The summed E-state index contributed by atoms with van der Waals surface area (Å²) in [6, 6.07) is 2.12. The first-order valence-corrected chi connectivity index (χ1v) is 7.70. The Hall–Kier alpha value is -1.03. The molecular formula is C14H25N3S. The van der Waals surface area contributed by atoms with Gasteiger partial charge in [0.15, 0.2) is 5.96 Å². The first kappa shape index (κ1) is 15.0. The Kier molecular flexibility index (Phi) is 7.49. The molecule has 0 aliphatic carbocycles. The average molecular weight is 267 g/mol. The lowest BCUT2D eigenvalue weighted by Crippen LogP contribution is -2.37. The molecule has 0 radical (unpaired) electrons. The van der Waals surface area contributed by atoms with Crippen molar-refractivity contribution >= 4 is 17.3 Å². The molecule has 0 unspecified atom stereocenters. The minimum absolute atomic E-state index is 0.753. The zero-order chi connectivity index (χ0) is 13.2. The number of hydrogen-bond donors (Lipinski definition) is 2. The van der Waals surface area contributed by atoms with Crippen LogP contribution >= 0.6 is 11.3 Å². The van der Waals surface area contributed by atoms with Crippen LogP contribution in [0.2, 0.25) is 0 Å². The summed E-state index contributed by atoms with van der Waals surface area (Å²) in [5.74, 6) is 1.70. The summed E-state index contributed by atoms with van der Waals surface area (Å²) in [5, 5.41) is 10.9. The van der Waals surface area contributed by atoms with E-state index in [-0.39, 0.29) is 0 Å². The van der Waals surface area contributed by atoms with E-state index >= 15 is 0 Å². The van der Waals surface area contributed by atoms with Crippen molar-refractivity contribution in [3.8, 4) is 0 Å². The number of aliphatic imine (C=N–C) groups is 1. The Morgan fingerprint density at radius 2 is 2.22 bits per heavy atom. The Morgan fingerprint density at radius 3 is 2.83 bits per heavy atom. The first-order valence-electron chi connectivity index (χ1n) is 6.75. The molecule has 4 heteroatoms. The van der Waals surface area contributed by atoms with Crippen molar-refractivity contribution < 1.29 is 0 Å². The second-order valence-electron chi connectivity index (χ2n) is 4.79. The van der Waals surface area contributed by atoms with Gasteiger partial charge in [-0.1, -0.05) is 13.8 Å². The Balaban J connectivity index is 2.31. The van der Waals surface area contributed by atoms with Crippen LogP contribution in [0.1, 0.15) is 39.2 Å². The van der Waals surface area contributed by atoms with Crippen molar-refractivity contribution in [3.05, 3.63) is 22.4 Å². The summed E-state index contributed by atoms with van der Waals surface area (Å²) < 4.78 is 0. The van der Waals surface area contributed by atoms with Crippen LogP contribution in [0.4, 0.5) is 0 Å². The first-order chi connectivity index (χ1) is 8.72. The van der Waals surface area contributed by atoms with Crippen molar-refractivity contribution in [2.45, 2.75) is 40.2 Å². The molecular weight excluding hydrogens is 242 g/mol. The van der Waals surface area contributed by atoms with Gasteiger partial charge in [-0.05, 0) is 48.1 Å². The molecule has 18 heavy (non-hydrogen) atoms. The van der Waals surface area contributed by atoms with E-state index in [1.807, 2.05) is 0 Å². The SMILES string of the molecule is CCNC(=NCc1ccsc1)NCCCC(C)C. The number of rotatable bonds is 7. The van der Waals surface area contributed by atoms with Crippen molar-refractivity contribution in [2.75, 3.05) is 13.1 Å². The van der Waals surface area contributed by atoms with Crippen molar-refractivity contribution in [3.63, 3.8) is 0 Å². The quantitative estimate of drug-likeness (QED) is 0.452. The van der Waals surface area contributed by atoms with Crippen molar-refractivity contribution in [1.29, 1.82) is 0 Å². The molecule has 0 fully saturated rings. The van der Waals surface area contributed by atoms with Gasteiger partial charge in [-0.25, -0.2) is 4.99 Å². The summed E-state index contributed by atoms with van der Waals surface area (Å²) in [4.78, 5) is 4.57. The molecule has 0 bridgehead atoms. The fourth-order valence-corrected chi connectivity index (χ4v) is 2.27. The van der Waals surface area contributed by atoms with Gasteiger partial charge < -0.3 is 10.6 Å². The summed E-state index contributed by atoms with van der Waals surface area (Å²) in [6.45, 7) is 9.26. The predicted octanol–water partition coefficient (Wildman–Crippen LogP) is 3.24. The predicted molar refractivity (Wildman–Crippen MR) is 81.2 cm³/mol. The van der Waals surface area contributed by atoms with Gasteiger partial charge in [-0.3, -0.25) is 0 Å². The van der Waals surface area contributed by atoms with Gasteiger partial charge in [0.2, 0.25) is 0 Å². The maximum absolute atomic E-state index is 4.57. The van der Waals surface area contributed by atoms with Gasteiger partial charge in [0.05, 0.1) is 6.54 Å². The van der Waals surface area contributed by atoms with Gasteiger partial charge in [0.1, 0.15) is 0 Å². The zero-order valence-electron chi connectivity index (χ0n) is 11.7. The fourth-order valence-electron chi connectivity index (χ4n) is 1.61. The van der Waals surface area contributed by atoms with Crippen LogP contribution in [-0.4, -0.2) is 19.0 Å². The van der Waals surface area contributed by atoms with Crippen LogP contribution in [0, 0.1) is 5.92 Å². The van der Waals surface area contributed by atoms with Crippen LogP contribution in [0.25, 0.3) is 0 Å².